The van der Waals surface area contributed by atoms with Gasteiger partial charge in [-0.2, -0.15) is 0 Å². The van der Waals surface area contributed by atoms with Crippen LogP contribution in [-0.2, 0) is 25.5 Å². The molecule has 2 saturated heterocycles. The third kappa shape index (κ3) is 15.2. The fourth-order valence-corrected chi connectivity index (χ4v) is 8.33. The Labute approximate surface area is 408 Å². The second-order valence-electron chi connectivity index (χ2n) is 19.8. The Balaban J connectivity index is 0.000000215. The van der Waals surface area contributed by atoms with E-state index in [4.69, 9.17) is 31.7 Å². The molecule has 0 atom stereocenters. The highest BCUT2D eigenvalue weighted by Gasteiger charge is 2.28. The summed E-state index contributed by atoms with van der Waals surface area (Å²) in [5.74, 6) is 0.389. The largest absolute Gasteiger partial charge is 0.460 e. The Kier molecular flexibility index (Phi) is 17.3. The summed E-state index contributed by atoms with van der Waals surface area (Å²) >= 11 is 0. The van der Waals surface area contributed by atoms with Crippen LogP contribution in [0.15, 0.2) is 84.4 Å². The van der Waals surface area contributed by atoms with Crippen LogP contribution < -0.4 is 27.0 Å². The van der Waals surface area contributed by atoms with E-state index in [2.05, 4.69) is 28.5 Å². The summed E-state index contributed by atoms with van der Waals surface area (Å²) in [6.07, 6.45) is 5.21. The van der Waals surface area contributed by atoms with Crippen molar-refractivity contribution in [1.29, 1.82) is 0 Å². The normalized spacial score (nSPS) is 15.0. The fraction of sp³-hybridized carbons (Fsp3) is 0.431. The van der Waals surface area contributed by atoms with Gasteiger partial charge in [0.25, 0.3) is 17.1 Å². The molecule has 3 aliphatic rings. The molecule has 0 spiro atoms. The summed E-state index contributed by atoms with van der Waals surface area (Å²) < 4.78 is 10.8. The van der Waals surface area contributed by atoms with Crippen molar-refractivity contribution < 1.29 is 33.8 Å². The molecule has 19 nitrogen and oxygen atoms in total. The number of nitro benzene ring substituents is 3. The number of ether oxygens (including phenoxy) is 2. The third-order valence-electron chi connectivity index (χ3n) is 11.9. The van der Waals surface area contributed by atoms with Gasteiger partial charge in [-0.1, -0.05) is 24.3 Å². The SMILES string of the molecule is C=C(C)c1ccc(N)c([N+](=O)[O-])c1.CC(C)(C)OC(=O)CC1CCN(c2ccc([N+](=O)[O-])c(N)c2)CC1.CC(C)(C)OC(=O)CC1CCN(c2ccc3c(c2)CC(c2ccc(N)c([N+](=O)[O-])c2)=N3)CC1. The highest BCUT2D eigenvalue weighted by atomic mass is 16.6. The molecule has 6 N–H and O–H groups in total. The number of fused-ring (bicyclic) bond motifs is 1. The van der Waals surface area contributed by atoms with E-state index in [9.17, 15) is 39.9 Å². The zero-order chi connectivity index (χ0) is 51.7. The molecule has 0 saturated carbocycles. The third-order valence-corrected chi connectivity index (χ3v) is 11.9. The van der Waals surface area contributed by atoms with Gasteiger partial charge in [-0.3, -0.25) is 44.9 Å². The summed E-state index contributed by atoms with van der Waals surface area (Å²) in [5.41, 5.74) is 23.3. The number of allylic oxidation sites excluding steroid dienone is 1. The van der Waals surface area contributed by atoms with Crippen LogP contribution in [-0.4, -0.2) is 69.8 Å². The average molecular weight is 964 g/mol. The van der Waals surface area contributed by atoms with E-state index in [1.807, 2.05) is 47.6 Å². The second-order valence-corrected chi connectivity index (χ2v) is 19.8. The Morgan fingerprint density at radius 3 is 1.56 bits per heavy atom. The van der Waals surface area contributed by atoms with Crippen LogP contribution in [0.5, 0.6) is 0 Å². The van der Waals surface area contributed by atoms with Crippen molar-refractivity contribution in [3.05, 3.63) is 126 Å². The molecule has 374 valence electrons. The standard InChI is InChI=1S/C25H30N4O4.C17H25N3O4.C9H10N2O2/c1-25(2,3)33-24(30)12-16-8-10-28(11-9-16)19-5-7-21-18(13-19)14-22(27-21)17-4-6-20(26)23(15-17)29(31)32;1-17(2,3)24-16(21)10-12-6-8-19(9-7-12)13-4-5-15(20(22)23)14(18)11-13;1-6(2)7-3-4-8(10)9(5-7)11(12)13/h4-7,13,15-16H,8-12,14,26H2,1-3H3;4-5,11-12H,6-10,18H2,1-3H3;3-5H,1,10H2,2H3. The maximum Gasteiger partial charge on any atom is 0.306 e. The second kappa shape index (κ2) is 22.7. The fourth-order valence-electron chi connectivity index (χ4n) is 8.33. The Morgan fingerprint density at radius 2 is 1.10 bits per heavy atom. The summed E-state index contributed by atoms with van der Waals surface area (Å²) in [4.78, 5) is 64.3. The number of aliphatic imine (C=N–C) groups is 1. The molecule has 0 unspecified atom stereocenters. The van der Waals surface area contributed by atoms with Crippen LogP contribution in [0.4, 0.5) is 51.2 Å². The highest BCUT2D eigenvalue weighted by Crippen LogP contribution is 2.36. The van der Waals surface area contributed by atoms with Gasteiger partial charge < -0.3 is 36.5 Å². The molecule has 0 bridgehead atoms. The number of nitrogens with zero attached hydrogens (tertiary/aromatic N) is 6. The maximum atomic E-state index is 12.1. The first-order chi connectivity index (χ1) is 32.8. The van der Waals surface area contributed by atoms with E-state index in [1.54, 1.807) is 37.3 Å². The minimum Gasteiger partial charge on any atom is -0.460 e. The lowest BCUT2D eigenvalue weighted by atomic mass is 9.93. The molecule has 0 amide bonds. The number of carbonyl (C=O) groups excluding carboxylic acids is 2. The minimum absolute atomic E-state index is 0.0690. The van der Waals surface area contributed by atoms with Gasteiger partial charge in [0.05, 0.1) is 26.2 Å². The molecule has 4 aromatic carbocycles. The summed E-state index contributed by atoms with van der Waals surface area (Å²) in [5, 5.41) is 32.5. The van der Waals surface area contributed by atoms with Crippen LogP contribution >= 0.6 is 0 Å². The number of piperidine rings is 2. The van der Waals surface area contributed by atoms with Crippen molar-refractivity contribution in [3.8, 4) is 0 Å². The first-order valence-corrected chi connectivity index (χ1v) is 23.2. The molecule has 3 aliphatic heterocycles. The highest BCUT2D eigenvalue weighted by molar-refractivity contribution is 6.07. The van der Waals surface area contributed by atoms with Gasteiger partial charge in [0.1, 0.15) is 28.3 Å². The van der Waals surface area contributed by atoms with Crippen molar-refractivity contribution in [2.75, 3.05) is 53.2 Å². The van der Waals surface area contributed by atoms with Crippen molar-refractivity contribution in [2.24, 2.45) is 16.8 Å². The Bertz CT molecular complexity index is 2640. The molecule has 4 aromatic rings. The number of carbonyl (C=O) groups is 2. The average Bonchev–Trinajstić information content (AvgIpc) is 3.70. The van der Waals surface area contributed by atoms with E-state index in [0.29, 0.717) is 31.1 Å². The summed E-state index contributed by atoms with van der Waals surface area (Å²) in [6.45, 7) is 20.1. The molecule has 3 heterocycles. The minimum atomic E-state index is -0.498. The van der Waals surface area contributed by atoms with Crippen LogP contribution in [0.25, 0.3) is 5.57 Å². The number of benzene rings is 4. The molecular formula is C51H65N9O10. The van der Waals surface area contributed by atoms with Crippen molar-refractivity contribution in [1.82, 2.24) is 0 Å². The number of anilines is 5. The van der Waals surface area contributed by atoms with Crippen LogP contribution in [0.2, 0.25) is 0 Å². The molecule has 2 fully saturated rings. The lowest BCUT2D eigenvalue weighted by Gasteiger charge is -2.34. The van der Waals surface area contributed by atoms with Gasteiger partial charge in [-0.25, -0.2) is 0 Å². The van der Waals surface area contributed by atoms with Gasteiger partial charge in [0.15, 0.2) is 0 Å². The molecule has 19 heteroatoms. The van der Waals surface area contributed by atoms with Crippen LogP contribution in [0.1, 0.15) is 104 Å². The first kappa shape index (κ1) is 53.4. The number of hydrogen-bond acceptors (Lipinski definition) is 16. The number of esters is 2. The van der Waals surface area contributed by atoms with E-state index >= 15 is 0 Å². The monoisotopic (exact) mass is 963 g/mol. The predicted molar refractivity (Wildman–Crippen MR) is 274 cm³/mol. The molecule has 0 aromatic heterocycles. The number of hydrogen-bond donors (Lipinski definition) is 3. The van der Waals surface area contributed by atoms with Gasteiger partial charge in [-0.15, -0.1) is 0 Å². The lowest BCUT2D eigenvalue weighted by Crippen LogP contribution is -2.35. The van der Waals surface area contributed by atoms with Gasteiger partial charge in [0.2, 0.25) is 0 Å². The van der Waals surface area contributed by atoms with Gasteiger partial charge >= 0.3 is 11.9 Å². The smallest absolute Gasteiger partial charge is 0.306 e. The van der Waals surface area contributed by atoms with Crippen molar-refractivity contribution >= 4 is 74.4 Å². The maximum absolute atomic E-state index is 12.1. The zero-order valence-corrected chi connectivity index (χ0v) is 41.1. The van der Waals surface area contributed by atoms with Crippen LogP contribution in [0.3, 0.4) is 0 Å². The quantitative estimate of drug-likeness (QED) is 0.0545. The van der Waals surface area contributed by atoms with Crippen molar-refractivity contribution in [3.63, 3.8) is 0 Å². The van der Waals surface area contributed by atoms with Gasteiger partial charge in [-0.05, 0) is 140 Å². The number of nitrogens with two attached hydrogens (primary N) is 3. The molecule has 7 rings (SSSR count). The van der Waals surface area contributed by atoms with Crippen LogP contribution in [0, 0.1) is 42.2 Å². The van der Waals surface area contributed by atoms with Crippen molar-refractivity contribution in [2.45, 2.75) is 105 Å². The summed E-state index contributed by atoms with van der Waals surface area (Å²) in [6, 6.07) is 20.6. The first-order valence-electron chi connectivity index (χ1n) is 23.2. The number of rotatable bonds is 11. The van der Waals surface area contributed by atoms with E-state index in [1.165, 1.54) is 24.3 Å². The number of nitro groups is 3. The topological polar surface area (TPSA) is 279 Å². The van der Waals surface area contributed by atoms with E-state index in [-0.39, 0.29) is 46.1 Å². The van der Waals surface area contributed by atoms with E-state index < -0.39 is 26.0 Å². The molecule has 70 heavy (non-hydrogen) atoms. The Morgan fingerprint density at radius 1 is 0.643 bits per heavy atom. The lowest BCUT2D eigenvalue weighted by molar-refractivity contribution is -0.384. The molecule has 0 aliphatic carbocycles. The number of nitrogen functional groups attached to an aromatic ring is 3. The van der Waals surface area contributed by atoms with E-state index in [0.717, 1.165) is 96.9 Å². The molecule has 0 radical (unpaired) electrons. The summed E-state index contributed by atoms with van der Waals surface area (Å²) in [7, 11) is 0. The zero-order valence-electron chi connectivity index (χ0n) is 41.1. The Hall–Kier alpha value is -7.57. The molecular weight excluding hydrogens is 899 g/mol. The predicted octanol–water partition coefficient (Wildman–Crippen LogP) is 10.1. The van der Waals surface area contributed by atoms with Gasteiger partial charge in [0, 0.05) is 80.6 Å².